The summed E-state index contributed by atoms with van der Waals surface area (Å²) < 4.78 is 22.7. The number of ketones is 1. The van der Waals surface area contributed by atoms with Gasteiger partial charge in [0, 0.05) is 34.7 Å². The van der Waals surface area contributed by atoms with Crippen LogP contribution in [0.4, 0.5) is 4.39 Å². The van der Waals surface area contributed by atoms with Crippen LogP contribution in [-0.4, -0.2) is 38.0 Å². The summed E-state index contributed by atoms with van der Waals surface area (Å²) in [4.78, 5) is 13.2. The smallest absolute Gasteiger partial charge is 0.191 e. The predicted molar refractivity (Wildman–Crippen MR) is 137 cm³/mol. The van der Waals surface area contributed by atoms with E-state index in [9.17, 15) is 9.18 Å². The molecular formula is C27H29FN4O2S. The van der Waals surface area contributed by atoms with Gasteiger partial charge in [0.05, 0.1) is 12.9 Å². The number of rotatable bonds is 10. The molecule has 2 aromatic carbocycles. The minimum atomic E-state index is -0.287. The molecule has 0 N–H and O–H groups in total. The van der Waals surface area contributed by atoms with Crippen LogP contribution in [0.1, 0.15) is 41.5 Å². The number of hydrogen-bond donors (Lipinski definition) is 0. The van der Waals surface area contributed by atoms with E-state index in [-0.39, 0.29) is 17.4 Å². The first-order chi connectivity index (χ1) is 16.9. The Morgan fingerprint density at radius 1 is 1.06 bits per heavy atom. The molecule has 2 heterocycles. The molecule has 0 saturated carbocycles. The summed E-state index contributed by atoms with van der Waals surface area (Å²) in [7, 11) is 1.64. The summed E-state index contributed by atoms with van der Waals surface area (Å²) in [5, 5.41) is 9.57. The molecule has 2 aromatic heterocycles. The fourth-order valence-electron chi connectivity index (χ4n) is 4.11. The molecule has 0 bridgehead atoms. The van der Waals surface area contributed by atoms with Crippen LogP contribution in [0.25, 0.3) is 17.1 Å². The Bertz CT molecular complexity index is 1310. The highest BCUT2D eigenvalue weighted by Crippen LogP contribution is 2.28. The maximum atomic E-state index is 13.4. The van der Waals surface area contributed by atoms with Gasteiger partial charge >= 0.3 is 0 Å². The maximum absolute atomic E-state index is 13.4. The number of carbonyl (C=O) groups is 1. The number of unbranched alkanes of at least 4 members (excludes halogenated alkanes) is 1. The van der Waals surface area contributed by atoms with Crippen molar-refractivity contribution in [3.05, 3.63) is 77.4 Å². The highest BCUT2D eigenvalue weighted by Gasteiger charge is 2.20. The summed E-state index contributed by atoms with van der Waals surface area (Å²) in [6, 6.07) is 15.9. The van der Waals surface area contributed by atoms with Crippen LogP contribution in [0.15, 0.2) is 59.8 Å². The number of benzene rings is 2. The van der Waals surface area contributed by atoms with E-state index < -0.39 is 0 Å². The zero-order chi connectivity index (χ0) is 24.9. The zero-order valence-electron chi connectivity index (χ0n) is 20.4. The Hall–Kier alpha value is -3.39. The summed E-state index contributed by atoms with van der Waals surface area (Å²) >= 11 is 1.40. The van der Waals surface area contributed by atoms with Crippen molar-refractivity contribution in [3.8, 4) is 22.8 Å². The van der Waals surface area contributed by atoms with Crippen molar-refractivity contribution in [2.24, 2.45) is 0 Å². The van der Waals surface area contributed by atoms with Crippen LogP contribution in [0.3, 0.4) is 0 Å². The minimum Gasteiger partial charge on any atom is -0.497 e. The number of hydrogen-bond acceptors (Lipinski definition) is 5. The van der Waals surface area contributed by atoms with E-state index in [2.05, 4.69) is 21.7 Å². The quantitative estimate of drug-likeness (QED) is 0.193. The standard InChI is InChI=1S/C27H29FN4O2S/c1-5-6-15-31-26(20-7-13-23(34-4)14-8-20)29-30-27(31)35-17-25(33)24-16-18(2)32(19(24)3)22-11-9-21(28)10-12-22/h7-14,16H,5-6,15,17H2,1-4H3. The van der Waals surface area contributed by atoms with Crippen molar-refractivity contribution in [1.82, 2.24) is 19.3 Å². The van der Waals surface area contributed by atoms with Gasteiger partial charge in [0.2, 0.25) is 0 Å². The second-order valence-corrected chi connectivity index (χ2v) is 9.29. The third kappa shape index (κ3) is 5.32. The number of halogens is 1. The van der Waals surface area contributed by atoms with Crippen LogP contribution < -0.4 is 4.74 Å². The van der Waals surface area contributed by atoms with Gasteiger partial charge in [-0.2, -0.15) is 0 Å². The van der Waals surface area contributed by atoms with Crippen molar-refractivity contribution >= 4 is 17.5 Å². The first-order valence-corrected chi connectivity index (χ1v) is 12.6. The Morgan fingerprint density at radius 2 is 1.77 bits per heavy atom. The first-order valence-electron chi connectivity index (χ1n) is 11.6. The van der Waals surface area contributed by atoms with Gasteiger partial charge in [0.15, 0.2) is 16.8 Å². The van der Waals surface area contributed by atoms with Gasteiger partial charge < -0.3 is 13.9 Å². The number of ether oxygens (including phenoxy) is 1. The fourth-order valence-corrected chi connectivity index (χ4v) is 4.96. The molecule has 0 unspecified atom stereocenters. The molecule has 0 aliphatic heterocycles. The molecule has 182 valence electrons. The molecule has 0 amide bonds. The number of aromatic nitrogens is 4. The number of methoxy groups -OCH3 is 1. The van der Waals surface area contributed by atoms with Crippen LogP contribution in [0.2, 0.25) is 0 Å². The Morgan fingerprint density at radius 3 is 2.43 bits per heavy atom. The van der Waals surface area contributed by atoms with Gasteiger partial charge in [-0.1, -0.05) is 25.1 Å². The van der Waals surface area contributed by atoms with Gasteiger partial charge in [0.25, 0.3) is 0 Å². The predicted octanol–water partition coefficient (Wildman–Crippen LogP) is 6.28. The molecule has 0 radical (unpaired) electrons. The average Bonchev–Trinajstić information content (AvgIpc) is 3.41. The molecule has 0 fully saturated rings. The number of carbonyl (C=O) groups excluding carboxylic acids is 1. The summed E-state index contributed by atoms with van der Waals surface area (Å²) in [5.74, 6) is 1.55. The Labute approximate surface area is 209 Å². The fraction of sp³-hybridized carbons (Fsp3) is 0.296. The van der Waals surface area contributed by atoms with Gasteiger partial charge in [-0.25, -0.2) is 4.39 Å². The van der Waals surface area contributed by atoms with Gasteiger partial charge in [-0.05, 0) is 74.9 Å². The number of thioether (sulfide) groups is 1. The van der Waals surface area contributed by atoms with Crippen molar-refractivity contribution in [2.45, 2.75) is 45.3 Å². The van der Waals surface area contributed by atoms with E-state index in [1.165, 1.54) is 23.9 Å². The van der Waals surface area contributed by atoms with Gasteiger partial charge in [-0.15, -0.1) is 10.2 Å². The van der Waals surface area contributed by atoms with Crippen molar-refractivity contribution in [3.63, 3.8) is 0 Å². The number of Topliss-reactive ketones (excluding diaryl/α,β-unsaturated/α-hetero) is 1. The summed E-state index contributed by atoms with van der Waals surface area (Å²) in [6.45, 7) is 6.79. The van der Waals surface area contributed by atoms with E-state index in [1.54, 1.807) is 19.2 Å². The average molecular weight is 493 g/mol. The number of aryl methyl sites for hydroxylation is 1. The molecule has 0 aliphatic carbocycles. The molecule has 0 aliphatic rings. The molecule has 4 aromatic rings. The van der Waals surface area contributed by atoms with Crippen LogP contribution in [-0.2, 0) is 6.54 Å². The second kappa shape index (κ2) is 10.9. The first kappa shape index (κ1) is 24.7. The van der Waals surface area contributed by atoms with E-state index >= 15 is 0 Å². The van der Waals surface area contributed by atoms with E-state index in [0.29, 0.717) is 5.56 Å². The van der Waals surface area contributed by atoms with Gasteiger partial charge in [-0.3, -0.25) is 4.79 Å². The van der Waals surface area contributed by atoms with Crippen molar-refractivity contribution < 1.29 is 13.9 Å². The Balaban J connectivity index is 1.55. The lowest BCUT2D eigenvalue weighted by Gasteiger charge is -2.11. The lowest BCUT2D eigenvalue weighted by molar-refractivity contribution is 0.102. The molecule has 35 heavy (non-hydrogen) atoms. The number of nitrogens with zero attached hydrogens (tertiary/aromatic N) is 4. The normalized spacial score (nSPS) is 11.1. The molecule has 4 rings (SSSR count). The molecule has 0 atom stereocenters. The highest BCUT2D eigenvalue weighted by atomic mass is 32.2. The van der Waals surface area contributed by atoms with Crippen LogP contribution in [0.5, 0.6) is 5.75 Å². The third-order valence-corrected chi connectivity index (χ3v) is 6.92. The largest absolute Gasteiger partial charge is 0.497 e. The second-order valence-electron chi connectivity index (χ2n) is 8.35. The monoisotopic (exact) mass is 492 g/mol. The van der Waals surface area contributed by atoms with Crippen LogP contribution in [0, 0.1) is 19.7 Å². The SMILES string of the molecule is CCCCn1c(SCC(=O)c2cc(C)n(-c3ccc(F)cc3)c2C)nnc1-c1ccc(OC)cc1. The lowest BCUT2D eigenvalue weighted by Crippen LogP contribution is -2.08. The zero-order valence-corrected chi connectivity index (χ0v) is 21.2. The molecule has 6 nitrogen and oxygen atoms in total. The van der Waals surface area contributed by atoms with Crippen molar-refractivity contribution in [2.75, 3.05) is 12.9 Å². The molecular weight excluding hydrogens is 463 g/mol. The summed E-state index contributed by atoms with van der Waals surface area (Å²) in [5.41, 5.74) is 4.21. The Kier molecular flexibility index (Phi) is 7.70. The lowest BCUT2D eigenvalue weighted by atomic mass is 10.2. The molecule has 8 heteroatoms. The van der Waals surface area contributed by atoms with Crippen molar-refractivity contribution in [1.29, 1.82) is 0 Å². The van der Waals surface area contributed by atoms with Crippen LogP contribution >= 0.6 is 11.8 Å². The highest BCUT2D eigenvalue weighted by molar-refractivity contribution is 7.99. The van der Waals surface area contributed by atoms with E-state index in [1.807, 2.05) is 48.7 Å². The minimum absolute atomic E-state index is 0.0208. The van der Waals surface area contributed by atoms with E-state index in [4.69, 9.17) is 4.74 Å². The molecule has 0 saturated heterocycles. The van der Waals surface area contributed by atoms with E-state index in [0.717, 1.165) is 58.8 Å². The molecule has 0 spiro atoms. The van der Waals surface area contributed by atoms with Gasteiger partial charge in [0.1, 0.15) is 11.6 Å². The maximum Gasteiger partial charge on any atom is 0.191 e. The summed E-state index contributed by atoms with van der Waals surface area (Å²) in [6.07, 6.45) is 2.03. The topological polar surface area (TPSA) is 61.9 Å². The third-order valence-electron chi connectivity index (χ3n) is 5.95.